The van der Waals surface area contributed by atoms with E-state index in [9.17, 15) is 34.8 Å². The van der Waals surface area contributed by atoms with Gasteiger partial charge in [0.15, 0.2) is 0 Å². The van der Waals surface area contributed by atoms with E-state index in [0.29, 0.717) is 33.5 Å². The average Bonchev–Trinajstić information content (AvgIpc) is 3.00. The van der Waals surface area contributed by atoms with E-state index in [0.717, 1.165) is 18.3 Å². The molecule has 0 N–H and O–H groups in total. The topological polar surface area (TPSA) is 87.6 Å². The van der Waals surface area contributed by atoms with Crippen molar-refractivity contribution in [1.29, 1.82) is 0 Å². The molecule has 0 radical (unpaired) electrons. The number of ether oxygens (including phenoxy) is 2. The predicted octanol–water partition coefficient (Wildman–Crippen LogP) is 6.58. The molecular formula is C28H16F6N2O5S. The first kappa shape index (κ1) is 28.7. The van der Waals surface area contributed by atoms with E-state index in [2.05, 4.69) is 14.2 Å². The van der Waals surface area contributed by atoms with Gasteiger partial charge in [-0.15, -0.1) is 0 Å². The summed E-state index contributed by atoms with van der Waals surface area (Å²) < 4.78 is 123. The van der Waals surface area contributed by atoms with Gasteiger partial charge < -0.3 is 13.7 Å². The molecule has 2 heterocycles. The molecule has 0 aliphatic carbocycles. The van der Waals surface area contributed by atoms with Gasteiger partial charge in [-0.3, -0.25) is 4.98 Å². The number of nitrogens with zero attached hydrogens (tertiary/aromatic N) is 2. The maximum atomic E-state index is 14.1. The Labute approximate surface area is 234 Å². The normalized spacial score (nSPS) is 11.5. The Morgan fingerprint density at radius 2 is 1.40 bits per heavy atom. The Morgan fingerprint density at radius 1 is 0.714 bits per heavy atom. The number of aromatic nitrogens is 2. The second kappa shape index (κ2) is 10.9. The molecule has 14 heteroatoms. The average molecular weight is 607 g/mol. The standard InChI is InChI=1S/C28H16F6N2O5S/c1-39-20-10-13(19-11-15(29)12-36-28(19)40-2)3-5-18(20)26-17-6-4-16(9-14(17)7-8-35-26)42(37,38)41-27-24(33)22(31)21(30)23(32)25(27)34/h3-12H,1-2H3. The molecule has 0 saturated heterocycles. The van der Waals surface area contributed by atoms with Gasteiger partial charge in [-0.25, -0.2) is 22.5 Å². The van der Waals surface area contributed by atoms with E-state index in [1.54, 1.807) is 18.2 Å². The molecule has 7 nitrogen and oxygen atoms in total. The molecule has 0 aliphatic rings. The third-order valence-electron chi connectivity index (χ3n) is 6.17. The third-order valence-corrected chi connectivity index (χ3v) is 7.38. The summed E-state index contributed by atoms with van der Waals surface area (Å²) in [4.78, 5) is 7.66. The van der Waals surface area contributed by atoms with Crippen LogP contribution in [0.15, 0.2) is 65.8 Å². The quantitative estimate of drug-likeness (QED) is 0.0895. The minimum absolute atomic E-state index is 0.177. The van der Waals surface area contributed by atoms with Crippen molar-refractivity contribution in [3.8, 4) is 39.8 Å². The number of methoxy groups -OCH3 is 2. The maximum Gasteiger partial charge on any atom is 0.339 e. The lowest BCUT2D eigenvalue weighted by atomic mass is 9.99. The molecule has 42 heavy (non-hydrogen) atoms. The highest BCUT2D eigenvalue weighted by Crippen LogP contribution is 2.39. The van der Waals surface area contributed by atoms with Crippen molar-refractivity contribution in [2.24, 2.45) is 0 Å². The van der Waals surface area contributed by atoms with Gasteiger partial charge in [0, 0.05) is 22.7 Å². The van der Waals surface area contributed by atoms with E-state index < -0.39 is 55.7 Å². The molecule has 0 amide bonds. The van der Waals surface area contributed by atoms with Crippen LogP contribution < -0.4 is 13.7 Å². The summed E-state index contributed by atoms with van der Waals surface area (Å²) in [5, 5.41) is 0.674. The predicted molar refractivity (Wildman–Crippen MR) is 138 cm³/mol. The van der Waals surface area contributed by atoms with Crippen molar-refractivity contribution >= 4 is 20.9 Å². The molecule has 0 fully saturated rings. The molecule has 0 spiro atoms. The highest BCUT2D eigenvalue weighted by atomic mass is 32.2. The Hall–Kier alpha value is -4.85. The Kier molecular flexibility index (Phi) is 7.41. The Balaban J connectivity index is 1.56. The molecule has 5 aromatic rings. The van der Waals surface area contributed by atoms with E-state index in [4.69, 9.17) is 9.47 Å². The highest BCUT2D eigenvalue weighted by molar-refractivity contribution is 7.87. The number of pyridine rings is 2. The third kappa shape index (κ3) is 4.93. The van der Waals surface area contributed by atoms with Crippen LogP contribution in [0.4, 0.5) is 26.3 Å². The summed E-state index contributed by atoms with van der Waals surface area (Å²) in [5.74, 6) is -14.1. The summed E-state index contributed by atoms with van der Waals surface area (Å²) in [5.41, 5.74) is 1.67. The second-order valence-electron chi connectivity index (χ2n) is 8.60. The first-order valence-electron chi connectivity index (χ1n) is 11.7. The van der Waals surface area contributed by atoms with Crippen LogP contribution in [0.3, 0.4) is 0 Å². The van der Waals surface area contributed by atoms with Gasteiger partial charge in [-0.05, 0) is 47.3 Å². The van der Waals surface area contributed by atoms with Crippen LogP contribution in [-0.2, 0) is 10.1 Å². The number of hydrogen-bond donors (Lipinski definition) is 0. The van der Waals surface area contributed by atoms with Gasteiger partial charge in [0.25, 0.3) is 0 Å². The fourth-order valence-corrected chi connectivity index (χ4v) is 5.16. The number of benzene rings is 3. The van der Waals surface area contributed by atoms with Gasteiger partial charge >= 0.3 is 10.1 Å². The van der Waals surface area contributed by atoms with Gasteiger partial charge in [-0.1, -0.05) is 12.1 Å². The fraction of sp³-hybridized carbons (Fsp3) is 0.0714. The molecule has 5 rings (SSSR count). The monoisotopic (exact) mass is 606 g/mol. The summed E-state index contributed by atoms with van der Waals surface area (Å²) in [6.07, 6.45) is 2.36. The summed E-state index contributed by atoms with van der Waals surface area (Å²) in [7, 11) is -2.28. The van der Waals surface area contributed by atoms with Crippen LogP contribution in [0.1, 0.15) is 0 Å². The summed E-state index contributed by atoms with van der Waals surface area (Å²) in [6, 6.07) is 11.0. The van der Waals surface area contributed by atoms with Crippen LogP contribution in [0.5, 0.6) is 17.4 Å². The van der Waals surface area contributed by atoms with Crippen molar-refractivity contribution in [2.75, 3.05) is 14.2 Å². The molecule has 0 bridgehead atoms. The largest absolute Gasteiger partial charge is 0.496 e. The lowest BCUT2D eigenvalue weighted by molar-refractivity contribution is 0.346. The second-order valence-corrected chi connectivity index (χ2v) is 10.2. The van der Waals surface area contributed by atoms with Crippen molar-refractivity contribution in [3.63, 3.8) is 0 Å². The van der Waals surface area contributed by atoms with Crippen LogP contribution in [0.2, 0.25) is 0 Å². The number of hydrogen-bond acceptors (Lipinski definition) is 7. The van der Waals surface area contributed by atoms with Crippen molar-refractivity contribution in [2.45, 2.75) is 4.90 Å². The van der Waals surface area contributed by atoms with Gasteiger partial charge in [0.05, 0.1) is 26.1 Å². The number of halogens is 6. The number of rotatable bonds is 7. The first-order chi connectivity index (χ1) is 20.0. The van der Waals surface area contributed by atoms with Crippen LogP contribution in [0.25, 0.3) is 33.2 Å². The molecule has 216 valence electrons. The van der Waals surface area contributed by atoms with Crippen LogP contribution in [-0.4, -0.2) is 32.6 Å². The van der Waals surface area contributed by atoms with E-state index in [-0.39, 0.29) is 11.3 Å². The van der Waals surface area contributed by atoms with Gasteiger partial charge in [0.1, 0.15) is 16.5 Å². The molecule has 0 saturated carbocycles. The maximum absolute atomic E-state index is 14.1. The van der Waals surface area contributed by atoms with E-state index >= 15 is 0 Å². The molecule has 2 aromatic heterocycles. The Morgan fingerprint density at radius 3 is 2.07 bits per heavy atom. The molecule has 0 atom stereocenters. The van der Waals surface area contributed by atoms with Crippen molar-refractivity contribution in [1.82, 2.24) is 9.97 Å². The molecule has 3 aromatic carbocycles. The zero-order chi connectivity index (χ0) is 30.3. The smallest absolute Gasteiger partial charge is 0.339 e. The zero-order valence-corrected chi connectivity index (χ0v) is 22.2. The lowest BCUT2D eigenvalue weighted by Crippen LogP contribution is -2.14. The van der Waals surface area contributed by atoms with Crippen molar-refractivity contribution in [3.05, 3.63) is 95.8 Å². The fourth-order valence-electron chi connectivity index (χ4n) is 4.19. The Bertz CT molecular complexity index is 1960. The zero-order valence-electron chi connectivity index (χ0n) is 21.4. The minimum atomic E-state index is -5.06. The van der Waals surface area contributed by atoms with Crippen LogP contribution >= 0.6 is 0 Å². The SMILES string of the molecule is COc1cc(-c2cc(F)cnc2OC)ccc1-c1nccc2cc(S(=O)(=O)Oc3c(F)c(F)c(F)c(F)c3F)ccc12. The molecule has 0 unspecified atom stereocenters. The number of fused-ring (bicyclic) bond motifs is 1. The highest BCUT2D eigenvalue weighted by Gasteiger charge is 2.31. The molecule has 0 aliphatic heterocycles. The first-order valence-corrected chi connectivity index (χ1v) is 13.1. The van der Waals surface area contributed by atoms with E-state index in [1.165, 1.54) is 38.6 Å². The van der Waals surface area contributed by atoms with Crippen molar-refractivity contribution < 1.29 is 48.4 Å². The van der Waals surface area contributed by atoms with Gasteiger partial charge in [0.2, 0.25) is 40.7 Å². The van der Waals surface area contributed by atoms with Gasteiger partial charge in [-0.2, -0.15) is 17.2 Å². The molecular weight excluding hydrogens is 590 g/mol. The summed E-state index contributed by atoms with van der Waals surface area (Å²) >= 11 is 0. The summed E-state index contributed by atoms with van der Waals surface area (Å²) in [6.45, 7) is 0. The lowest BCUT2D eigenvalue weighted by Gasteiger charge is -2.14. The van der Waals surface area contributed by atoms with E-state index in [1.807, 2.05) is 0 Å². The van der Waals surface area contributed by atoms with Crippen LogP contribution in [0, 0.1) is 34.9 Å². The minimum Gasteiger partial charge on any atom is -0.496 e.